The minimum atomic E-state index is 0.637. The van der Waals surface area contributed by atoms with Crippen molar-refractivity contribution in [2.75, 3.05) is 19.8 Å². The quantitative estimate of drug-likeness (QED) is 0.873. The molecule has 2 aromatic heterocycles. The van der Waals surface area contributed by atoms with Crippen LogP contribution in [0.2, 0.25) is 0 Å². The lowest BCUT2D eigenvalue weighted by molar-refractivity contribution is 0.0547. The molecule has 20 heavy (non-hydrogen) atoms. The molecular weight excluding hydrogens is 252 g/mol. The molecule has 2 aromatic rings. The Labute approximate surface area is 118 Å². The van der Waals surface area contributed by atoms with Gasteiger partial charge in [0.05, 0.1) is 18.5 Å². The van der Waals surface area contributed by atoms with Gasteiger partial charge in [-0.2, -0.15) is 5.10 Å². The van der Waals surface area contributed by atoms with Crippen molar-refractivity contribution in [2.24, 2.45) is 5.92 Å². The summed E-state index contributed by atoms with van der Waals surface area (Å²) in [6, 6.07) is 3.98. The maximum atomic E-state index is 5.50. The standard InChI is InChI=1S/C15H20N4O/c1-4-13(8-16-5-1)15-14(10-18-19-15)9-17-7-12-3-2-6-20-11-12/h1,4-5,8,10,12,17H,2-3,6-7,9,11H2,(H,18,19). The molecule has 1 atom stereocenters. The molecular formula is C15H20N4O. The second kappa shape index (κ2) is 6.63. The Morgan fingerprint density at radius 2 is 2.40 bits per heavy atom. The van der Waals surface area contributed by atoms with Crippen molar-refractivity contribution in [2.45, 2.75) is 19.4 Å². The van der Waals surface area contributed by atoms with Gasteiger partial charge in [-0.3, -0.25) is 10.1 Å². The summed E-state index contributed by atoms with van der Waals surface area (Å²) in [6.45, 7) is 3.62. The van der Waals surface area contributed by atoms with Crippen molar-refractivity contribution in [1.29, 1.82) is 0 Å². The largest absolute Gasteiger partial charge is 0.381 e. The van der Waals surface area contributed by atoms with Gasteiger partial charge >= 0.3 is 0 Å². The fourth-order valence-corrected chi connectivity index (χ4v) is 2.59. The fourth-order valence-electron chi connectivity index (χ4n) is 2.59. The molecule has 0 aliphatic carbocycles. The first kappa shape index (κ1) is 13.3. The molecule has 106 valence electrons. The van der Waals surface area contributed by atoms with Crippen LogP contribution in [0.15, 0.2) is 30.7 Å². The normalized spacial score (nSPS) is 19.1. The second-order valence-electron chi connectivity index (χ2n) is 5.23. The summed E-state index contributed by atoms with van der Waals surface area (Å²) in [6.07, 6.45) is 7.95. The minimum absolute atomic E-state index is 0.637. The van der Waals surface area contributed by atoms with Gasteiger partial charge in [0.25, 0.3) is 0 Å². The number of aromatic amines is 1. The molecule has 3 rings (SSSR count). The molecule has 1 aliphatic heterocycles. The molecule has 1 fully saturated rings. The van der Waals surface area contributed by atoms with Crippen molar-refractivity contribution in [3.63, 3.8) is 0 Å². The zero-order chi connectivity index (χ0) is 13.6. The van der Waals surface area contributed by atoms with Crippen LogP contribution in [-0.2, 0) is 11.3 Å². The van der Waals surface area contributed by atoms with Crippen molar-refractivity contribution in [1.82, 2.24) is 20.5 Å². The average molecular weight is 272 g/mol. The molecule has 5 heteroatoms. The van der Waals surface area contributed by atoms with Crippen LogP contribution in [0.25, 0.3) is 11.3 Å². The lowest BCUT2D eigenvalue weighted by Crippen LogP contribution is -2.28. The Morgan fingerprint density at radius 1 is 1.40 bits per heavy atom. The van der Waals surface area contributed by atoms with Crippen LogP contribution in [0.4, 0.5) is 0 Å². The Balaban J connectivity index is 1.57. The highest BCUT2D eigenvalue weighted by atomic mass is 16.5. The van der Waals surface area contributed by atoms with Crippen molar-refractivity contribution >= 4 is 0 Å². The van der Waals surface area contributed by atoms with E-state index in [9.17, 15) is 0 Å². The number of ether oxygens (including phenoxy) is 1. The number of pyridine rings is 1. The maximum absolute atomic E-state index is 5.50. The van der Waals surface area contributed by atoms with Gasteiger partial charge < -0.3 is 10.1 Å². The summed E-state index contributed by atoms with van der Waals surface area (Å²) in [5.74, 6) is 0.637. The van der Waals surface area contributed by atoms with Crippen LogP contribution in [-0.4, -0.2) is 34.9 Å². The van der Waals surface area contributed by atoms with E-state index in [1.165, 1.54) is 18.4 Å². The lowest BCUT2D eigenvalue weighted by Gasteiger charge is -2.22. The summed E-state index contributed by atoms with van der Waals surface area (Å²) >= 11 is 0. The Hall–Kier alpha value is -1.72. The summed E-state index contributed by atoms with van der Waals surface area (Å²) in [5, 5.41) is 10.7. The third kappa shape index (κ3) is 3.23. The van der Waals surface area contributed by atoms with E-state index in [4.69, 9.17) is 4.74 Å². The molecule has 0 aromatic carbocycles. The van der Waals surface area contributed by atoms with E-state index in [0.29, 0.717) is 5.92 Å². The van der Waals surface area contributed by atoms with Crippen LogP contribution in [0, 0.1) is 5.92 Å². The molecule has 0 spiro atoms. The van der Waals surface area contributed by atoms with E-state index in [0.717, 1.165) is 37.6 Å². The maximum Gasteiger partial charge on any atom is 0.0710 e. The van der Waals surface area contributed by atoms with Gasteiger partial charge in [-0.1, -0.05) is 0 Å². The van der Waals surface area contributed by atoms with E-state index >= 15 is 0 Å². The third-order valence-electron chi connectivity index (χ3n) is 3.67. The van der Waals surface area contributed by atoms with E-state index in [-0.39, 0.29) is 0 Å². The number of nitrogens with zero attached hydrogens (tertiary/aromatic N) is 2. The molecule has 3 heterocycles. The SMILES string of the molecule is c1cncc(-c2[nH]ncc2CNCC2CCCOC2)c1. The first-order valence-corrected chi connectivity index (χ1v) is 7.14. The van der Waals surface area contributed by atoms with Crippen LogP contribution in [0.3, 0.4) is 0 Å². The highest BCUT2D eigenvalue weighted by Gasteiger charge is 2.14. The number of rotatable bonds is 5. The topological polar surface area (TPSA) is 62.8 Å². The Bertz CT molecular complexity index is 520. The molecule has 1 unspecified atom stereocenters. The smallest absolute Gasteiger partial charge is 0.0710 e. The number of nitrogens with one attached hydrogen (secondary N) is 2. The van der Waals surface area contributed by atoms with Gasteiger partial charge in [-0.25, -0.2) is 0 Å². The van der Waals surface area contributed by atoms with Gasteiger partial charge in [0.1, 0.15) is 0 Å². The third-order valence-corrected chi connectivity index (χ3v) is 3.67. The summed E-state index contributed by atoms with van der Waals surface area (Å²) in [4.78, 5) is 4.15. The summed E-state index contributed by atoms with van der Waals surface area (Å²) in [7, 11) is 0. The van der Waals surface area contributed by atoms with Crippen LogP contribution in [0.1, 0.15) is 18.4 Å². The summed E-state index contributed by atoms with van der Waals surface area (Å²) < 4.78 is 5.50. The first-order chi connectivity index (χ1) is 9.93. The van der Waals surface area contributed by atoms with Gasteiger partial charge in [0.2, 0.25) is 0 Å². The zero-order valence-corrected chi connectivity index (χ0v) is 11.5. The number of aromatic nitrogens is 3. The molecule has 1 saturated heterocycles. The highest BCUT2D eigenvalue weighted by molar-refractivity contribution is 5.61. The van der Waals surface area contributed by atoms with E-state index in [1.807, 2.05) is 24.5 Å². The zero-order valence-electron chi connectivity index (χ0n) is 11.5. The molecule has 5 nitrogen and oxygen atoms in total. The molecule has 2 N–H and O–H groups in total. The monoisotopic (exact) mass is 272 g/mol. The van der Waals surface area contributed by atoms with Crippen LogP contribution < -0.4 is 5.32 Å². The van der Waals surface area contributed by atoms with Gasteiger partial charge in [-0.15, -0.1) is 0 Å². The average Bonchev–Trinajstić information content (AvgIpc) is 2.98. The van der Waals surface area contributed by atoms with Gasteiger partial charge in [-0.05, 0) is 30.9 Å². The molecule has 0 bridgehead atoms. The lowest BCUT2D eigenvalue weighted by atomic mass is 10.0. The van der Waals surface area contributed by atoms with Crippen molar-refractivity contribution < 1.29 is 4.74 Å². The molecule has 1 aliphatic rings. The number of H-pyrrole nitrogens is 1. The van der Waals surface area contributed by atoms with E-state index < -0.39 is 0 Å². The molecule has 0 radical (unpaired) electrons. The van der Waals surface area contributed by atoms with Crippen molar-refractivity contribution in [3.8, 4) is 11.3 Å². The Morgan fingerprint density at radius 3 is 3.20 bits per heavy atom. The predicted octanol–water partition coefficient (Wildman–Crippen LogP) is 1.99. The molecule has 0 saturated carbocycles. The summed E-state index contributed by atoms with van der Waals surface area (Å²) in [5.41, 5.74) is 3.29. The number of hydrogen-bond donors (Lipinski definition) is 2. The van der Waals surface area contributed by atoms with Gasteiger partial charge in [0, 0.05) is 43.2 Å². The Kier molecular flexibility index (Phi) is 4.40. The van der Waals surface area contributed by atoms with E-state index in [1.54, 1.807) is 6.20 Å². The minimum Gasteiger partial charge on any atom is -0.381 e. The van der Waals surface area contributed by atoms with Crippen LogP contribution >= 0.6 is 0 Å². The predicted molar refractivity (Wildman–Crippen MR) is 77.1 cm³/mol. The van der Waals surface area contributed by atoms with Crippen LogP contribution in [0.5, 0.6) is 0 Å². The first-order valence-electron chi connectivity index (χ1n) is 7.14. The number of hydrogen-bond acceptors (Lipinski definition) is 4. The highest BCUT2D eigenvalue weighted by Crippen LogP contribution is 2.19. The van der Waals surface area contributed by atoms with Crippen molar-refractivity contribution in [3.05, 3.63) is 36.3 Å². The molecule has 0 amide bonds. The second-order valence-corrected chi connectivity index (χ2v) is 5.23. The fraction of sp³-hybridized carbons (Fsp3) is 0.467. The van der Waals surface area contributed by atoms with E-state index in [2.05, 4.69) is 20.5 Å². The van der Waals surface area contributed by atoms with Gasteiger partial charge in [0.15, 0.2) is 0 Å².